The number of hydrogen-bond acceptors (Lipinski definition) is 17. The second-order valence-corrected chi connectivity index (χ2v) is 32.5. The zero-order chi connectivity index (χ0) is 66.3. The Kier molecular flexibility index (Phi) is 30.7. The average molecular weight is 1290 g/mol. The fourth-order valence-electron chi connectivity index (χ4n) is 8.21. The molecule has 7 rings (SSSR count). The highest BCUT2D eigenvalue weighted by Gasteiger charge is 2.31. The van der Waals surface area contributed by atoms with E-state index in [9.17, 15) is 29.4 Å². The molecule has 0 radical (unpaired) electrons. The molecule has 0 saturated heterocycles. The average Bonchev–Trinajstić information content (AvgIpc) is 1.53. The maximum atomic E-state index is 12.4. The number of ketones is 1. The van der Waals surface area contributed by atoms with Crippen LogP contribution in [0, 0.1) is 0 Å². The van der Waals surface area contributed by atoms with Crippen molar-refractivity contribution < 1.29 is 75.3 Å². The smallest absolute Gasteiger partial charge is 0.373 e. The number of benzene rings is 6. The summed E-state index contributed by atoms with van der Waals surface area (Å²) in [6.07, 6.45) is 8.63. The molecule has 0 aliphatic heterocycles. The Hall–Kier alpha value is -8.11. The Morgan fingerprint density at radius 3 is 1.67 bits per heavy atom. The number of rotatable bonds is 28. The minimum absolute atomic E-state index is 0.0301. The van der Waals surface area contributed by atoms with Crippen molar-refractivity contribution in [1.29, 1.82) is 0 Å². The maximum absolute atomic E-state index is 12.4. The highest BCUT2D eigenvalue weighted by Crippen LogP contribution is 2.37. The highest BCUT2D eigenvalue weighted by molar-refractivity contribution is 6.66. The Morgan fingerprint density at radius 2 is 1.13 bits per heavy atom. The van der Waals surface area contributed by atoms with Crippen LogP contribution < -0.4 is 14.8 Å². The molecule has 1 aromatic heterocycles. The number of phenolic OH excluding ortho intramolecular Hbond substituents is 2. The number of amides is 1. The number of ether oxygens (including phenoxy) is 3. The number of esters is 1. The molecule has 90 heavy (non-hydrogen) atoms. The van der Waals surface area contributed by atoms with E-state index in [1.165, 1.54) is 16.9 Å². The number of carbonyl (C=O) groups is 4. The van der Waals surface area contributed by atoms with Crippen LogP contribution in [-0.2, 0) is 57.5 Å². The molecule has 0 atom stereocenters. The Balaban J connectivity index is 0.000000258. The molecule has 1 amide bonds. The van der Waals surface area contributed by atoms with Crippen molar-refractivity contribution in [3.8, 4) is 28.7 Å². The topological polar surface area (TPSA) is 255 Å². The van der Waals surface area contributed by atoms with Gasteiger partial charge in [0.2, 0.25) is 5.91 Å². The molecular weight excluding hydrogens is 1200 g/mol. The van der Waals surface area contributed by atoms with Gasteiger partial charge in [0.1, 0.15) is 45.9 Å². The van der Waals surface area contributed by atoms with Crippen LogP contribution in [0.4, 0.5) is 0 Å². The number of carbonyl (C=O) groups excluding carboxylic acids is 3. The number of nitrogens with zero attached hydrogens (tertiary/aromatic N) is 3. The van der Waals surface area contributed by atoms with E-state index in [0.29, 0.717) is 36.6 Å². The lowest BCUT2D eigenvalue weighted by Crippen LogP contribution is -2.42. The van der Waals surface area contributed by atoms with Crippen LogP contribution in [0.5, 0.6) is 23.0 Å². The van der Waals surface area contributed by atoms with Crippen molar-refractivity contribution in [1.82, 2.24) is 20.3 Å². The lowest BCUT2D eigenvalue weighted by Gasteiger charge is -2.23. The van der Waals surface area contributed by atoms with Gasteiger partial charge in [-0.3, -0.25) is 14.4 Å². The molecule has 0 aliphatic carbocycles. The van der Waals surface area contributed by atoms with Crippen molar-refractivity contribution in [2.45, 2.75) is 83.6 Å². The van der Waals surface area contributed by atoms with Crippen LogP contribution in [0.15, 0.2) is 152 Å². The molecule has 0 spiro atoms. The SMILES string of the molecule is CC(C)(C)c1cc(CCC(=O)O)cc(-n2nc3ccccc3n2)c1O.CO[Si](C)(CCCNC(=O)/C=C/c1ccccc1)OC.CO[Si](C)(CCCOc1ccc(C(=O)c2ccccc2)c(O)c1)OC.COc1ccc(/C=C/C(=O)OC[Si](C)(OC)OC)cc1. The molecule has 7 aromatic rings. The second-order valence-electron chi connectivity index (χ2n) is 21.9. The third-order valence-electron chi connectivity index (χ3n) is 14.3. The fraction of sp³-hybridized carbons (Fsp3) is 0.343. The van der Waals surface area contributed by atoms with Crippen molar-refractivity contribution >= 4 is 72.5 Å². The summed E-state index contributed by atoms with van der Waals surface area (Å²) >= 11 is 0. The second kappa shape index (κ2) is 37.1. The zero-order valence-electron chi connectivity index (χ0n) is 53.9. The standard InChI is InChI=1S/C19H21N3O3.C19H24O5Si.C15H23NO3Si.C14H20O5Si/c1-19(2,3)13-10-12(8-9-17(23)24)11-16(18(13)25)22-20-14-6-4-5-7-15(14)21-22;1-22-25(3,23-2)13-7-12-24-16-10-11-17(18(20)14-16)19(21)15-8-5-4-6-9-15;1-18-20(3,19-2)13-7-12-16-15(17)11-10-14-8-5-4-6-9-14;1-16-13-8-5-12(6-9-13)7-10-14(15)19-11-20(4,17-2)18-3/h4-7,10-11,25H,8-9H2,1-3H3,(H,23,24);4-6,8-11,14,20H,7,12-13H2,1-3H3;4-6,8-11H,7,12-13H2,1-3H3,(H,16,17);5-10H,11H2,1-4H3/b;;11-10+;10-7+. The Morgan fingerprint density at radius 1 is 0.611 bits per heavy atom. The highest BCUT2D eigenvalue weighted by atomic mass is 28.4. The van der Waals surface area contributed by atoms with Gasteiger partial charge in [0.15, 0.2) is 5.78 Å². The van der Waals surface area contributed by atoms with Crippen molar-refractivity contribution in [2.75, 3.05) is 69.2 Å². The molecule has 20 nitrogen and oxygen atoms in total. The number of carboxylic acid groups (broad SMARTS) is 1. The summed E-state index contributed by atoms with van der Waals surface area (Å²) < 4.78 is 47.9. The molecule has 484 valence electrons. The Labute approximate surface area is 532 Å². The van der Waals surface area contributed by atoms with Gasteiger partial charge in [-0.1, -0.05) is 112 Å². The van der Waals surface area contributed by atoms with Gasteiger partial charge in [-0.15, -0.1) is 15.0 Å². The predicted octanol–water partition coefficient (Wildman–Crippen LogP) is 11.9. The van der Waals surface area contributed by atoms with E-state index in [2.05, 4.69) is 15.5 Å². The fourth-order valence-corrected chi connectivity index (χ4v) is 11.8. The Bertz CT molecular complexity index is 3370. The molecule has 1 heterocycles. The molecule has 0 unspecified atom stereocenters. The summed E-state index contributed by atoms with van der Waals surface area (Å²) in [6.45, 7) is 13.0. The number of hydrogen-bond donors (Lipinski definition) is 4. The molecule has 4 N–H and O–H groups in total. The lowest BCUT2D eigenvalue weighted by molar-refractivity contribution is -0.137. The summed E-state index contributed by atoms with van der Waals surface area (Å²) in [5.74, 6) is -0.236. The minimum atomic E-state index is -2.37. The zero-order valence-corrected chi connectivity index (χ0v) is 56.9. The van der Waals surface area contributed by atoms with Gasteiger partial charge in [0.05, 0.1) is 19.3 Å². The van der Waals surface area contributed by atoms with E-state index in [1.807, 2.05) is 131 Å². The number of aromatic hydroxyl groups is 2. The van der Waals surface area contributed by atoms with E-state index in [1.54, 1.807) is 110 Å². The molecule has 23 heteroatoms. The lowest BCUT2D eigenvalue weighted by atomic mass is 9.84. The number of nitrogens with one attached hydrogen (secondary N) is 1. The number of phenols is 2. The molecule has 6 aromatic carbocycles. The van der Waals surface area contributed by atoms with E-state index in [-0.39, 0.29) is 46.8 Å². The summed E-state index contributed by atoms with van der Waals surface area (Å²) in [6, 6.07) is 43.5. The molecule has 0 fully saturated rings. The summed E-state index contributed by atoms with van der Waals surface area (Å²) in [5, 5.41) is 41.6. The minimum Gasteiger partial charge on any atom is -0.507 e. The first-order valence-corrected chi connectivity index (χ1v) is 36.7. The largest absolute Gasteiger partial charge is 0.507 e. The molecule has 0 aliphatic rings. The number of aryl methyl sites for hydroxylation is 1. The first-order chi connectivity index (χ1) is 42.9. The van der Waals surface area contributed by atoms with Gasteiger partial charge >= 0.3 is 37.6 Å². The van der Waals surface area contributed by atoms with Crippen LogP contribution >= 0.6 is 0 Å². The van der Waals surface area contributed by atoms with Crippen molar-refractivity contribution in [2.24, 2.45) is 0 Å². The van der Waals surface area contributed by atoms with Gasteiger partial charge < -0.3 is 61.4 Å². The van der Waals surface area contributed by atoms with E-state index >= 15 is 0 Å². The number of aliphatic carboxylic acids is 1. The third-order valence-corrected chi connectivity index (χ3v) is 22.7. The van der Waals surface area contributed by atoms with E-state index in [4.69, 9.17) is 45.9 Å². The maximum Gasteiger partial charge on any atom is 0.373 e. The summed E-state index contributed by atoms with van der Waals surface area (Å²) in [4.78, 5) is 47.9. The molecule has 0 saturated carbocycles. The normalized spacial score (nSPS) is 11.6. The first-order valence-electron chi connectivity index (χ1n) is 29.1. The van der Waals surface area contributed by atoms with Gasteiger partial charge in [0, 0.05) is 85.0 Å². The number of carboxylic acids is 1. The van der Waals surface area contributed by atoms with Crippen LogP contribution in [0.3, 0.4) is 0 Å². The van der Waals surface area contributed by atoms with Crippen molar-refractivity contribution in [3.05, 3.63) is 185 Å². The van der Waals surface area contributed by atoms with E-state index in [0.717, 1.165) is 64.0 Å². The van der Waals surface area contributed by atoms with E-state index < -0.39 is 37.6 Å². The first kappa shape index (κ1) is 74.4. The van der Waals surface area contributed by atoms with Crippen LogP contribution in [0.1, 0.15) is 78.2 Å². The summed E-state index contributed by atoms with van der Waals surface area (Å²) in [5.41, 5.74) is 5.90. The van der Waals surface area contributed by atoms with Crippen LogP contribution in [-0.4, -0.2) is 149 Å². The third kappa shape index (κ3) is 25.0. The van der Waals surface area contributed by atoms with Gasteiger partial charge in [-0.25, -0.2) is 4.79 Å². The monoisotopic (exact) mass is 1290 g/mol. The van der Waals surface area contributed by atoms with Gasteiger partial charge in [-0.05, 0) is 128 Å². The van der Waals surface area contributed by atoms with Crippen LogP contribution in [0.25, 0.3) is 28.9 Å². The van der Waals surface area contributed by atoms with Crippen molar-refractivity contribution in [3.63, 3.8) is 0 Å². The van der Waals surface area contributed by atoms with Crippen LogP contribution in [0.2, 0.25) is 31.7 Å². The molecular formula is C67H88N4O16Si3. The number of fused-ring (bicyclic) bond motifs is 1. The van der Waals surface area contributed by atoms with Gasteiger partial charge in [-0.2, -0.15) is 0 Å². The quantitative estimate of drug-likeness (QED) is 0.0117. The number of methoxy groups -OCH3 is 1. The number of aromatic nitrogens is 3. The van der Waals surface area contributed by atoms with Gasteiger partial charge in [0.25, 0.3) is 0 Å². The summed E-state index contributed by atoms with van der Waals surface area (Å²) in [7, 11) is 4.93. The predicted molar refractivity (Wildman–Crippen MR) is 356 cm³/mol. The molecule has 0 bridgehead atoms.